The van der Waals surface area contributed by atoms with Crippen LogP contribution in [0.5, 0.6) is 5.75 Å². The first kappa shape index (κ1) is 16.7. The van der Waals surface area contributed by atoms with Crippen molar-refractivity contribution in [3.05, 3.63) is 42.2 Å². The number of rotatable bonds is 6. The largest absolute Gasteiger partial charge is 0.492 e. The van der Waals surface area contributed by atoms with Crippen molar-refractivity contribution >= 4 is 0 Å². The normalized spacial score (nSPS) is 14.7. The molecule has 0 saturated carbocycles. The molecule has 3 heterocycles. The third-order valence-corrected chi connectivity index (χ3v) is 4.44. The van der Waals surface area contributed by atoms with Crippen LogP contribution >= 0.6 is 0 Å². The molecule has 7 heteroatoms. The Hall–Kier alpha value is -2.80. The Morgan fingerprint density at radius 2 is 1.92 bits per heavy atom. The third-order valence-electron chi connectivity index (χ3n) is 4.44. The van der Waals surface area contributed by atoms with E-state index in [1.807, 2.05) is 37.3 Å². The number of hydrogen-bond donors (Lipinski definition) is 0. The van der Waals surface area contributed by atoms with E-state index in [0.717, 1.165) is 29.1 Å². The predicted octanol–water partition coefficient (Wildman–Crippen LogP) is 2.98. The third kappa shape index (κ3) is 3.88. The molecule has 0 unspecified atom stereocenters. The monoisotopic (exact) mass is 351 g/mol. The molecule has 0 N–H and O–H groups in total. The number of aromatic nitrogens is 4. The van der Waals surface area contributed by atoms with Gasteiger partial charge in [0.2, 0.25) is 5.82 Å². The average Bonchev–Trinajstić information content (AvgIpc) is 3.34. The molecule has 0 spiro atoms. The maximum atomic E-state index is 5.83. The molecule has 1 fully saturated rings. The number of aryl methyl sites for hydroxylation is 1. The fourth-order valence-corrected chi connectivity index (χ4v) is 3.05. The van der Waals surface area contributed by atoms with Crippen LogP contribution in [-0.4, -0.2) is 51.5 Å². The summed E-state index contributed by atoms with van der Waals surface area (Å²) < 4.78 is 11.2. The molecular formula is C19H21N5O2. The Morgan fingerprint density at radius 1 is 1.12 bits per heavy atom. The summed E-state index contributed by atoms with van der Waals surface area (Å²) in [5.74, 6) is 1.83. The second-order valence-corrected chi connectivity index (χ2v) is 6.43. The standard InChI is InChI=1S/C19H21N5O2/c1-14-12-16(13-20-22-14)19-21-18(23-26-19)15-4-6-17(7-5-15)25-11-10-24-8-2-3-9-24/h4-7,12-13H,2-3,8-11H2,1H3. The molecule has 1 aliphatic rings. The Balaban J connectivity index is 1.39. The molecule has 26 heavy (non-hydrogen) atoms. The van der Waals surface area contributed by atoms with Crippen LogP contribution in [0.25, 0.3) is 22.8 Å². The highest BCUT2D eigenvalue weighted by Crippen LogP contribution is 2.23. The van der Waals surface area contributed by atoms with Gasteiger partial charge < -0.3 is 9.26 Å². The van der Waals surface area contributed by atoms with Crippen LogP contribution in [0, 0.1) is 6.92 Å². The highest BCUT2D eigenvalue weighted by Gasteiger charge is 2.12. The van der Waals surface area contributed by atoms with Crippen LogP contribution in [0.2, 0.25) is 0 Å². The average molecular weight is 351 g/mol. The van der Waals surface area contributed by atoms with E-state index in [9.17, 15) is 0 Å². The summed E-state index contributed by atoms with van der Waals surface area (Å²) in [7, 11) is 0. The molecule has 0 radical (unpaired) electrons. The van der Waals surface area contributed by atoms with E-state index in [1.54, 1.807) is 6.20 Å². The second-order valence-electron chi connectivity index (χ2n) is 6.43. The van der Waals surface area contributed by atoms with Gasteiger partial charge in [0.1, 0.15) is 12.4 Å². The van der Waals surface area contributed by atoms with Crippen LogP contribution in [-0.2, 0) is 0 Å². The van der Waals surface area contributed by atoms with Gasteiger partial charge in [0.05, 0.1) is 17.5 Å². The zero-order valence-electron chi connectivity index (χ0n) is 14.8. The van der Waals surface area contributed by atoms with Gasteiger partial charge in [-0.05, 0) is 63.2 Å². The molecule has 1 aromatic carbocycles. The van der Waals surface area contributed by atoms with Crippen LogP contribution in [0.3, 0.4) is 0 Å². The maximum absolute atomic E-state index is 5.83. The van der Waals surface area contributed by atoms with E-state index in [0.29, 0.717) is 18.3 Å². The molecule has 1 aliphatic heterocycles. The molecular weight excluding hydrogens is 330 g/mol. The van der Waals surface area contributed by atoms with E-state index in [1.165, 1.54) is 25.9 Å². The molecule has 0 atom stereocenters. The van der Waals surface area contributed by atoms with Crippen LogP contribution in [0.15, 0.2) is 41.1 Å². The minimum Gasteiger partial charge on any atom is -0.492 e. The van der Waals surface area contributed by atoms with Crippen molar-refractivity contribution in [2.24, 2.45) is 0 Å². The number of nitrogens with zero attached hydrogens (tertiary/aromatic N) is 5. The van der Waals surface area contributed by atoms with E-state index in [4.69, 9.17) is 9.26 Å². The zero-order valence-corrected chi connectivity index (χ0v) is 14.8. The summed E-state index contributed by atoms with van der Waals surface area (Å²) in [6.45, 7) is 5.94. The van der Waals surface area contributed by atoms with Gasteiger partial charge in [0.15, 0.2) is 0 Å². The minimum atomic E-state index is 0.434. The summed E-state index contributed by atoms with van der Waals surface area (Å²) in [5, 5.41) is 11.9. The van der Waals surface area contributed by atoms with Crippen molar-refractivity contribution in [1.82, 2.24) is 25.2 Å². The number of likely N-dealkylation sites (tertiary alicyclic amines) is 1. The van der Waals surface area contributed by atoms with Gasteiger partial charge in [-0.15, -0.1) is 0 Å². The maximum Gasteiger partial charge on any atom is 0.259 e. The fourth-order valence-electron chi connectivity index (χ4n) is 3.05. The van der Waals surface area contributed by atoms with Crippen LogP contribution in [0.1, 0.15) is 18.5 Å². The lowest BCUT2D eigenvalue weighted by Crippen LogP contribution is -2.25. The van der Waals surface area contributed by atoms with E-state index < -0.39 is 0 Å². The quantitative estimate of drug-likeness (QED) is 0.675. The first-order chi connectivity index (χ1) is 12.8. The summed E-state index contributed by atoms with van der Waals surface area (Å²) in [6, 6.07) is 9.62. The van der Waals surface area contributed by atoms with Gasteiger partial charge in [-0.3, -0.25) is 4.90 Å². The molecule has 2 aromatic heterocycles. The lowest BCUT2D eigenvalue weighted by molar-refractivity contribution is 0.238. The molecule has 0 aliphatic carbocycles. The zero-order chi connectivity index (χ0) is 17.8. The molecule has 134 valence electrons. The molecule has 7 nitrogen and oxygen atoms in total. The fraction of sp³-hybridized carbons (Fsp3) is 0.368. The first-order valence-corrected chi connectivity index (χ1v) is 8.87. The Labute approximate surface area is 152 Å². The first-order valence-electron chi connectivity index (χ1n) is 8.87. The SMILES string of the molecule is Cc1cc(-c2nc(-c3ccc(OCCN4CCCC4)cc3)no2)cnn1. The van der Waals surface area contributed by atoms with Gasteiger partial charge in [0, 0.05) is 12.1 Å². The molecule has 0 bridgehead atoms. The molecule has 4 rings (SSSR count). The van der Waals surface area contributed by atoms with Gasteiger partial charge in [-0.25, -0.2) is 0 Å². The highest BCUT2D eigenvalue weighted by atomic mass is 16.5. The van der Waals surface area contributed by atoms with Crippen molar-refractivity contribution in [1.29, 1.82) is 0 Å². The number of ether oxygens (including phenoxy) is 1. The van der Waals surface area contributed by atoms with Crippen molar-refractivity contribution in [2.45, 2.75) is 19.8 Å². The summed E-state index contributed by atoms with van der Waals surface area (Å²) in [4.78, 5) is 6.88. The van der Waals surface area contributed by atoms with Crippen molar-refractivity contribution < 1.29 is 9.26 Å². The second kappa shape index (κ2) is 7.61. The van der Waals surface area contributed by atoms with Crippen LogP contribution < -0.4 is 4.74 Å². The highest BCUT2D eigenvalue weighted by molar-refractivity contribution is 5.59. The lowest BCUT2D eigenvalue weighted by Gasteiger charge is -2.14. The molecule has 3 aromatic rings. The smallest absolute Gasteiger partial charge is 0.259 e. The van der Waals surface area contributed by atoms with E-state index in [-0.39, 0.29) is 0 Å². The Morgan fingerprint density at radius 3 is 2.69 bits per heavy atom. The summed E-state index contributed by atoms with van der Waals surface area (Å²) in [6.07, 6.45) is 4.22. The number of benzene rings is 1. The van der Waals surface area contributed by atoms with Crippen molar-refractivity contribution in [3.63, 3.8) is 0 Å². The molecule has 1 saturated heterocycles. The van der Waals surface area contributed by atoms with Crippen molar-refractivity contribution in [3.8, 4) is 28.6 Å². The van der Waals surface area contributed by atoms with Gasteiger partial charge in [-0.2, -0.15) is 15.2 Å². The van der Waals surface area contributed by atoms with Crippen LogP contribution in [0.4, 0.5) is 0 Å². The minimum absolute atomic E-state index is 0.434. The summed E-state index contributed by atoms with van der Waals surface area (Å²) >= 11 is 0. The Kier molecular flexibility index (Phi) is 4.88. The lowest BCUT2D eigenvalue weighted by atomic mass is 10.2. The van der Waals surface area contributed by atoms with Gasteiger partial charge in [0.25, 0.3) is 5.89 Å². The number of hydrogen-bond acceptors (Lipinski definition) is 7. The van der Waals surface area contributed by atoms with Crippen molar-refractivity contribution in [2.75, 3.05) is 26.2 Å². The van der Waals surface area contributed by atoms with E-state index >= 15 is 0 Å². The topological polar surface area (TPSA) is 77.2 Å². The summed E-state index contributed by atoms with van der Waals surface area (Å²) in [5.41, 5.74) is 2.45. The van der Waals surface area contributed by atoms with Gasteiger partial charge >= 0.3 is 0 Å². The van der Waals surface area contributed by atoms with E-state index in [2.05, 4.69) is 25.2 Å². The predicted molar refractivity (Wildman–Crippen MR) is 96.7 cm³/mol. The molecule has 0 amide bonds. The Bertz CT molecular complexity index is 856. The van der Waals surface area contributed by atoms with Gasteiger partial charge in [-0.1, -0.05) is 5.16 Å².